The second-order valence-electron chi connectivity index (χ2n) is 5.68. The minimum absolute atomic E-state index is 0.272. The lowest BCUT2D eigenvalue weighted by atomic mass is 10.1. The summed E-state index contributed by atoms with van der Waals surface area (Å²) in [7, 11) is -3.50. The highest BCUT2D eigenvalue weighted by atomic mass is 79.9. The lowest BCUT2D eigenvalue weighted by molar-refractivity contribution is 0.567. The van der Waals surface area contributed by atoms with Crippen molar-refractivity contribution in [2.75, 3.05) is 0 Å². The Hall–Kier alpha value is -1.17. The third-order valence-corrected chi connectivity index (χ3v) is 6.15. The average molecular weight is 380 g/mol. The zero-order valence-corrected chi connectivity index (χ0v) is 14.7. The summed E-state index contributed by atoms with van der Waals surface area (Å²) in [5, 5.41) is 0. The van der Waals surface area contributed by atoms with Gasteiger partial charge in [0.25, 0.3) is 0 Å². The molecule has 2 aromatic carbocycles. The summed E-state index contributed by atoms with van der Waals surface area (Å²) in [4.78, 5) is 0.358. The van der Waals surface area contributed by atoms with Crippen LogP contribution in [0.1, 0.15) is 36.1 Å². The van der Waals surface area contributed by atoms with Crippen molar-refractivity contribution in [3.05, 3.63) is 63.6 Å². The molecule has 0 heterocycles. The smallest absolute Gasteiger partial charge is 0.207 e. The van der Waals surface area contributed by atoms with Crippen molar-refractivity contribution in [3.63, 3.8) is 0 Å². The second-order valence-corrected chi connectivity index (χ2v) is 8.31. The quantitative estimate of drug-likeness (QED) is 0.872. The number of halogens is 1. The molecular weight excluding hydrogens is 362 g/mol. The van der Waals surface area contributed by atoms with Gasteiger partial charge in [-0.3, -0.25) is 0 Å². The van der Waals surface area contributed by atoms with Crippen LogP contribution in [-0.2, 0) is 22.9 Å². The summed E-state index contributed by atoms with van der Waals surface area (Å²) < 4.78 is 28.9. The van der Waals surface area contributed by atoms with E-state index in [0.29, 0.717) is 4.90 Å². The average Bonchev–Trinajstić information content (AvgIpc) is 2.94. The summed E-state index contributed by atoms with van der Waals surface area (Å²) in [6, 6.07) is 12.9. The van der Waals surface area contributed by atoms with Gasteiger partial charge in [0, 0.05) is 10.5 Å². The molecule has 1 aliphatic carbocycles. The molecular formula is C17H18BrNO2S. The molecule has 0 unspecified atom stereocenters. The van der Waals surface area contributed by atoms with Crippen LogP contribution in [0.2, 0.25) is 0 Å². The maximum Gasteiger partial charge on any atom is 0.241 e. The van der Waals surface area contributed by atoms with Crippen molar-refractivity contribution >= 4 is 26.0 Å². The Bertz CT molecular complexity index is 785. The topological polar surface area (TPSA) is 46.2 Å². The first kappa shape index (κ1) is 15.7. The second kappa shape index (κ2) is 6.14. The molecule has 1 N–H and O–H groups in total. The summed E-state index contributed by atoms with van der Waals surface area (Å²) >= 11 is 3.38. The SMILES string of the molecule is C[C@@H](NS(=O)(=O)c1ccc2c(c1)CCC2)c1ccc(Br)cc1. The lowest BCUT2D eigenvalue weighted by Crippen LogP contribution is -2.27. The normalized spacial score (nSPS) is 15.5. The molecule has 0 spiro atoms. The number of sulfonamides is 1. The van der Waals surface area contributed by atoms with Gasteiger partial charge in [-0.15, -0.1) is 0 Å². The van der Waals surface area contributed by atoms with Crippen LogP contribution in [0, 0.1) is 0 Å². The molecule has 0 fully saturated rings. The summed E-state index contributed by atoms with van der Waals surface area (Å²) in [5.41, 5.74) is 3.38. The third kappa shape index (κ3) is 3.26. The third-order valence-electron chi connectivity index (χ3n) is 4.08. The molecule has 5 heteroatoms. The number of nitrogens with one attached hydrogen (secondary N) is 1. The van der Waals surface area contributed by atoms with Crippen LogP contribution in [0.4, 0.5) is 0 Å². The van der Waals surface area contributed by atoms with Crippen LogP contribution < -0.4 is 4.72 Å². The molecule has 0 saturated carbocycles. The number of aryl methyl sites for hydroxylation is 2. The molecule has 0 saturated heterocycles. The Morgan fingerprint density at radius 1 is 1.05 bits per heavy atom. The maximum absolute atomic E-state index is 12.6. The zero-order chi connectivity index (χ0) is 15.7. The standard InChI is InChI=1S/C17H18BrNO2S/c1-12(13-5-8-16(18)9-6-13)19-22(20,21)17-10-7-14-3-2-4-15(14)11-17/h5-12,19H,2-4H2,1H3/t12-/m1/s1. The van der Waals surface area contributed by atoms with E-state index in [1.165, 1.54) is 11.1 Å². The fraction of sp³-hybridized carbons (Fsp3) is 0.294. The van der Waals surface area contributed by atoms with Crippen LogP contribution in [-0.4, -0.2) is 8.42 Å². The largest absolute Gasteiger partial charge is 0.241 e. The van der Waals surface area contributed by atoms with E-state index in [1.807, 2.05) is 43.3 Å². The fourth-order valence-electron chi connectivity index (χ4n) is 2.84. The van der Waals surface area contributed by atoms with Gasteiger partial charge >= 0.3 is 0 Å². The predicted octanol–water partition coefficient (Wildman–Crippen LogP) is 3.98. The van der Waals surface area contributed by atoms with Crippen LogP contribution in [0.5, 0.6) is 0 Å². The van der Waals surface area contributed by atoms with Crippen molar-refractivity contribution < 1.29 is 8.42 Å². The first-order valence-corrected chi connectivity index (χ1v) is 9.63. The van der Waals surface area contributed by atoms with Crippen LogP contribution in [0.25, 0.3) is 0 Å². The van der Waals surface area contributed by atoms with Gasteiger partial charge in [0.2, 0.25) is 10.0 Å². The van der Waals surface area contributed by atoms with Crippen molar-refractivity contribution in [1.29, 1.82) is 0 Å². The van der Waals surface area contributed by atoms with E-state index in [0.717, 1.165) is 29.3 Å². The number of fused-ring (bicyclic) bond motifs is 1. The number of hydrogen-bond acceptors (Lipinski definition) is 2. The molecule has 2 aromatic rings. The van der Waals surface area contributed by atoms with Crippen molar-refractivity contribution in [1.82, 2.24) is 4.72 Å². The Balaban J connectivity index is 1.82. The van der Waals surface area contributed by atoms with Crippen LogP contribution in [0.3, 0.4) is 0 Å². The molecule has 116 valence electrons. The van der Waals surface area contributed by atoms with E-state index in [9.17, 15) is 8.42 Å². The molecule has 1 aliphatic rings. The highest BCUT2D eigenvalue weighted by Crippen LogP contribution is 2.26. The Kier molecular flexibility index (Phi) is 4.39. The van der Waals surface area contributed by atoms with E-state index >= 15 is 0 Å². The van der Waals surface area contributed by atoms with Gasteiger partial charge in [-0.05, 0) is 67.1 Å². The van der Waals surface area contributed by atoms with Crippen molar-refractivity contribution in [2.45, 2.75) is 37.1 Å². The monoisotopic (exact) mass is 379 g/mol. The molecule has 0 radical (unpaired) electrons. The fourth-order valence-corrected chi connectivity index (χ4v) is 4.38. The predicted molar refractivity (Wildman–Crippen MR) is 91.3 cm³/mol. The van der Waals surface area contributed by atoms with Crippen molar-refractivity contribution in [2.24, 2.45) is 0 Å². The minimum atomic E-state index is -3.50. The van der Waals surface area contributed by atoms with Gasteiger partial charge in [0.15, 0.2) is 0 Å². The number of benzene rings is 2. The van der Waals surface area contributed by atoms with Crippen molar-refractivity contribution in [3.8, 4) is 0 Å². The van der Waals surface area contributed by atoms with Gasteiger partial charge < -0.3 is 0 Å². The van der Waals surface area contributed by atoms with E-state index in [-0.39, 0.29) is 6.04 Å². The van der Waals surface area contributed by atoms with Gasteiger partial charge in [0.05, 0.1) is 4.90 Å². The Morgan fingerprint density at radius 2 is 1.73 bits per heavy atom. The molecule has 0 bridgehead atoms. The summed E-state index contributed by atoms with van der Waals surface area (Å²) in [6.07, 6.45) is 3.14. The highest BCUT2D eigenvalue weighted by Gasteiger charge is 2.21. The number of rotatable bonds is 4. The molecule has 1 atom stereocenters. The molecule has 3 nitrogen and oxygen atoms in total. The van der Waals surface area contributed by atoms with Crippen LogP contribution in [0.15, 0.2) is 51.8 Å². The summed E-state index contributed by atoms with van der Waals surface area (Å²) in [5.74, 6) is 0. The van der Waals surface area contributed by atoms with Gasteiger partial charge in [-0.2, -0.15) is 0 Å². The summed E-state index contributed by atoms with van der Waals surface area (Å²) in [6.45, 7) is 1.86. The first-order chi connectivity index (χ1) is 10.5. The van der Waals surface area contributed by atoms with Gasteiger partial charge in [0.1, 0.15) is 0 Å². The molecule has 3 rings (SSSR count). The highest BCUT2D eigenvalue weighted by molar-refractivity contribution is 9.10. The Morgan fingerprint density at radius 3 is 2.45 bits per heavy atom. The van der Waals surface area contributed by atoms with E-state index in [2.05, 4.69) is 20.7 Å². The minimum Gasteiger partial charge on any atom is -0.207 e. The molecule has 0 aromatic heterocycles. The van der Waals surface area contributed by atoms with E-state index in [1.54, 1.807) is 6.07 Å². The Labute approximate surface area is 139 Å². The number of hydrogen-bond donors (Lipinski definition) is 1. The first-order valence-electron chi connectivity index (χ1n) is 7.35. The zero-order valence-electron chi connectivity index (χ0n) is 12.3. The van der Waals surface area contributed by atoms with Gasteiger partial charge in [-0.25, -0.2) is 13.1 Å². The molecule has 0 aliphatic heterocycles. The lowest BCUT2D eigenvalue weighted by Gasteiger charge is -2.15. The molecule has 0 amide bonds. The van der Waals surface area contributed by atoms with E-state index < -0.39 is 10.0 Å². The van der Waals surface area contributed by atoms with Gasteiger partial charge in [-0.1, -0.05) is 34.1 Å². The maximum atomic E-state index is 12.6. The van der Waals surface area contributed by atoms with Crippen LogP contribution >= 0.6 is 15.9 Å². The van der Waals surface area contributed by atoms with E-state index in [4.69, 9.17) is 0 Å². The molecule has 22 heavy (non-hydrogen) atoms.